The molecule has 90 valence electrons. The minimum absolute atomic E-state index is 0.901. The Morgan fingerprint density at radius 2 is 1.62 bits per heavy atom. The number of methoxy groups -OCH3 is 1. The second-order valence-electron chi connectivity index (χ2n) is 2.72. The molecule has 1 aromatic rings. The van der Waals surface area contributed by atoms with E-state index in [2.05, 4.69) is 6.08 Å². The van der Waals surface area contributed by atoms with Crippen LogP contribution in [0, 0.1) is 0 Å². The first-order valence-corrected chi connectivity index (χ1v) is 5.73. The third kappa shape index (κ3) is 9.20. The van der Waals surface area contributed by atoms with Crippen molar-refractivity contribution in [2.24, 2.45) is 0 Å². The molecule has 6 heteroatoms. The fraction of sp³-hybridized carbons (Fsp3) is 0.200. The molecule has 1 rings (SSSR count). The number of hydrogen-bond donors (Lipinski definition) is 2. The lowest BCUT2D eigenvalue weighted by atomic mass is 10.2. The van der Waals surface area contributed by atoms with Crippen LogP contribution in [-0.2, 0) is 10.4 Å². The lowest BCUT2D eigenvalue weighted by Crippen LogP contribution is -1.89. The minimum atomic E-state index is -4.67. The fourth-order valence-corrected chi connectivity index (χ4v) is 0.907. The summed E-state index contributed by atoms with van der Waals surface area (Å²) < 4.78 is 36.6. The van der Waals surface area contributed by atoms with Gasteiger partial charge in [-0.1, -0.05) is 24.3 Å². The number of ether oxygens (including phenoxy) is 1. The van der Waals surface area contributed by atoms with Crippen molar-refractivity contribution in [3.63, 3.8) is 0 Å². The van der Waals surface area contributed by atoms with Crippen LogP contribution < -0.4 is 4.74 Å². The van der Waals surface area contributed by atoms with E-state index in [1.165, 1.54) is 5.56 Å². The normalized spacial score (nSPS) is 10.8. The Kier molecular flexibility index (Phi) is 6.40. The van der Waals surface area contributed by atoms with Crippen molar-refractivity contribution in [2.75, 3.05) is 7.11 Å². The van der Waals surface area contributed by atoms with Crippen LogP contribution in [0.5, 0.6) is 5.75 Å². The minimum Gasteiger partial charge on any atom is -0.497 e. The summed E-state index contributed by atoms with van der Waals surface area (Å²) in [5, 5.41) is 0. The zero-order valence-corrected chi connectivity index (χ0v) is 9.81. The van der Waals surface area contributed by atoms with E-state index in [4.69, 9.17) is 22.3 Å². The van der Waals surface area contributed by atoms with Gasteiger partial charge in [0.25, 0.3) is 0 Å². The van der Waals surface area contributed by atoms with Gasteiger partial charge in [-0.15, -0.1) is 0 Å². The Morgan fingerprint density at radius 1 is 1.19 bits per heavy atom. The summed E-state index contributed by atoms with van der Waals surface area (Å²) in [6.07, 6.45) is 4.07. The van der Waals surface area contributed by atoms with Gasteiger partial charge >= 0.3 is 10.4 Å². The molecule has 2 N–H and O–H groups in total. The predicted octanol–water partition coefficient (Wildman–Crippen LogP) is 2.08. The first kappa shape index (κ1) is 14.6. The summed E-state index contributed by atoms with van der Waals surface area (Å²) in [5.74, 6) is 0.901. The molecule has 0 radical (unpaired) electrons. The molecule has 0 unspecified atom stereocenters. The topological polar surface area (TPSA) is 83.8 Å². The number of benzene rings is 1. The standard InChI is InChI=1S/C10H12O.H2O4S/c1-3-4-9-5-7-10(11-2)8-6-9;1-5(2,3)4/h3-8H,1-2H3;(H2,1,2,3,4). The first-order valence-electron chi connectivity index (χ1n) is 4.33. The second kappa shape index (κ2) is 7.00. The molecule has 1 aromatic carbocycles. The van der Waals surface area contributed by atoms with Crippen molar-refractivity contribution in [1.82, 2.24) is 0 Å². The van der Waals surface area contributed by atoms with E-state index in [9.17, 15) is 0 Å². The van der Waals surface area contributed by atoms with Crippen molar-refractivity contribution < 1.29 is 22.3 Å². The van der Waals surface area contributed by atoms with Crippen LogP contribution in [0.4, 0.5) is 0 Å². The molecule has 0 spiro atoms. The molecule has 5 nitrogen and oxygen atoms in total. The highest BCUT2D eigenvalue weighted by molar-refractivity contribution is 7.79. The van der Waals surface area contributed by atoms with Gasteiger partial charge in [0.15, 0.2) is 0 Å². The lowest BCUT2D eigenvalue weighted by molar-refractivity contribution is 0.381. The van der Waals surface area contributed by atoms with E-state index >= 15 is 0 Å². The molecule has 0 aromatic heterocycles. The van der Waals surface area contributed by atoms with Gasteiger partial charge in [-0.25, -0.2) is 0 Å². The Morgan fingerprint density at radius 3 is 1.94 bits per heavy atom. The summed E-state index contributed by atoms with van der Waals surface area (Å²) in [4.78, 5) is 0. The predicted molar refractivity (Wildman–Crippen MR) is 61.9 cm³/mol. The average Bonchev–Trinajstić information content (AvgIpc) is 2.17. The van der Waals surface area contributed by atoms with Gasteiger partial charge in [0, 0.05) is 0 Å². The highest BCUT2D eigenvalue weighted by Crippen LogP contribution is 2.11. The van der Waals surface area contributed by atoms with Crippen molar-refractivity contribution in [2.45, 2.75) is 6.92 Å². The molecular formula is C10H14O5S. The van der Waals surface area contributed by atoms with Gasteiger partial charge in [-0.3, -0.25) is 9.11 Å². The maximum atomic E-state index is 8.74. The molecule has 16 heavy (non-hydrogen) atoms. The molecule has 0 bridgehead atoms. The third-order valence-electron chi connectivity index (χ3n) is 1.47. The molecule has 0 aliphatic carbocycles. The Hall–Kier alpha value is -1.37. The summed E-state index contributed by atoms with van der Waals surface area (Å²) >= 11 is 0. The summed E-state index contributed by atoms with van der Waals surface area (Å²) in [6, 6.07) is 7.96. The van der Waals surface area contributed by atoms with Crippen molar-refractivity contribution in [3.8, 4) is 5.75 Å². The lowest BCUT2D eigenvalue weighted by Gasteiger charge is -1.98. The molecule has 0 fully saturated rings. The number of allylic oxidation sites excluding steroid dienone is 1. The Balaban J connectivity index is 0.000000385. The summed E-state index contributed by atoms with van der Waals surface area (Å²) in [7, 11) is -3.00. The molecule has 0 atom stereocenters. The van der Waals surface area contributed by atoms with Crippen LogP contribution in [0.15, 0.2) is 30.3 Å². The highest BCUT2D eigenvalue weighted by Gasteiger charge is 1.88. The molecular weight excluding hydrogens is 232 g/mol. The summed E-state index contributed by atoms with van der Waals surface area (Å²) in [6.45, 7) is 2.00. The van der Waals surface area contributed by atoms with Gasteiger partial charge < -0.3 is 4.74 Å². The molecule has 0 amide bonds. The van der Waals surface area contributed by atoms with Crippen LogP contribution in [0.3, 0.4) is 0 Å². The Bertz CT molecular complexity index is 411. The zero-order valence-electron chi connectivity index (χ0n) is 8.99. The van der Waals surface area contributed by atoms with Crippen LogP contribution in [-0.4, -0.2) is 24.6 Å². The molecule has 0 saturated heterocycles. The SMILES string of the molecule is CC=Cc1ccc(OC)cc1.O=S(=O)(O)O. The van der Waals surface area contributed by atoms with Gasteiger partial charge in [0.2, 0.25) is 0 Å². The smallest absolute Gasteiger partial charge is 0.394 e. The average molecular weight is 246 g/mol. The largest absolute Gasteiger partial charge is 0.497 e. The van der Waals surface area contributed by atoms with Crippen molar-refractivity contribution in [1.29, 1.82) is 0 Å². The van der Waals surface area contributed by atoms with Crippen LogP contribution in [0.1, 0.15) is 12.5 Å². The Labute approximate surface area is 95.0 Å². The van der Waals surface area contributed by atoms with E-state index in [0.29, 0.717) is 0 Å². The van der Waals surface area contributed by atoms with Crippen LogP contribution in [0.2, 0.25) is 0 Å². The molecule has 0 saturated carbocycles. The fourth-order valence-electron chi connectivity index (χ4n) is 0.907. The van der Waals surface area contributed by atoms with Crippen LogP contribution in [0.25, 0.3) is 6.08 Å². The number of hydrogen-bond acceptors (Lipinski definition) is 3. The first-order chi connectivity index (χ1) is 7.36. The molecule has 0 heterocycles. The maximum Gasteiger partial charge on any atom is 0.394 e. The van der Waals surface area contributed by atoms with Crippen molar-refractivity contribution in [3.05, 3.63) is 35.9 Å². The van der Waals surface area contributed by atoms with Crippen LogP contribution >= 0.6 is 0 Å². The zero-order chi connectivity index (χ0) is 12.6. The van der Waals surface area contributed by atoms with Gasteiger partial charge in [-0.05, 0) is 24.6 Å². The van der Waals surface area contributed by atoms with E-state index in [1.807, 2.05) is 37.3 Å². The molecule has 0 aliphatic rings. The van der Waals surface area contributed by atoms with Crippen molar-refractivity contribution >= 4 is 16.5 Å². The number of rotatable bonds is 2. The van der Waals surface area contributed by atoms with E-state index in [1.54, 1.807) is 7.11 Å². The van der Waals surface area contributed by atoms with E-state index in [0.717, 1.165) is 5.75 Å². The molecule has 0 aliphatic heterocycles. The quantitative estimate of drug-likeness (QED) is 0.780. The van der Waals surface area contributed by atoms with E-state index in [-0.39, 0.29) is 0 Å². The third-order valence-corrected chi connectivity index (χ3v) is 1.47. The highest BCUT2D eigenvalue weighted by atomic mass is 32.3. The second-order valence-corrected chi connectivity index (χ2v) is 3.62. The summed E-state index contributed by atoms with van der Waals surface area (Å²) in [5.41, 5.74) is 1.20. The maximum absolute atomic E-state index is 8.74. The monoisotopic (exact) mass is 246 g/mol. The van der Waals surface area contributed by atoms with E-state index < -0.39 is 10.4 Å². The van der Waals surface area contributed by atoms with Gasteiger partial charge in [0.1, 0.15) is 5.75 Å². The van der Waals surface area contributed by atoms with Gasteiger partial charge in [-0.2, -0.15) is 8.42 Å². The van der Waals surface area contributed by atoms with Gasteiger partial charge in [0.05, 0.1) is 7.11 Å².